The fraction of sp³-hybridized carbons (Fsp3) is 0.118. The molecule has 0 saturated heterocycles. The summed E-state index contributed by atoms with van der Waals surface area (Å²) in [5.41, 5.74) is 1.30. The maximum Gasteiger partial charge on any atom is 0.257 e. The van der Waals surface area contributed by atoms with Crippen LogP contribution in [0, 0.1) is 0 Å². The molecule has 0 spiro atoms. The molecule has 1 amide bonds. The van der Waals surface area contributed by atoms with E-state index in [0.29, 0.717) is 17.0 Å². The SMILES string of the molecule is COc1ccc(NC(=O)c2csc3ccccc23)cc1NS(C)(=O)=O. The second-order valence-corrected chi connectivity index (χ2v) is 8.05. The topological polar surface area (TPSA) is 84.5 Å². The number of rotatable bonds is 5. The summed E-state index contributed by atoms with van der Waals surface area (Å²) in [5, 5.41) is 5.48. The van der Waals surface area contributed by atoms with Crippen molar-refractivity contribution in [1.82, 2.24) is 0 Å². The van der Waals surface area contributed by atoms with E-state index >= 15 is 0 Å². The first-order valence-corrected chi connectivity index (χ1v) is 10.1. The molecular weight excluding hydrogens is 360 g/mol. The molecule has 0 aliphatic rings. The van der Waals surface area contributed by atoms with Gasteiger partial charge in [0.05, 0.1) is 24.6 Å². The van der Waals surface area contributed by atoms with E-state index in [1.165, 1.54) is 24.5 Å². The lowest BCUT2D eigenvalue weighted by Gasteiger charge is -2.12. The number of anilines is 2. The van der Waals surface area contributed by atoms with Gasteiger partial charge >= 0.3 is 0 Å². The van der Waals surface area contributed by atoms with Crippen LogP contribution in [0.25, 0.3) is 10.1 Å². The minimum Gasteiger partial charge on any atom is -0.495 e. The minimum absolute atomic E-state index is 0.257. The van der Waals surface area contributed by atoms with Gasteiger partial charge < -0.3 is 10.1 Å². The number of nitrogens with one attached hydrogen (secondary N) is 2. The van der Waals surface area contributed by atoms with Crippen LogP contribution < -0.4 is 14.8 Å². The Morgan fingerprint density at radius 1 is 1.16 bits per heavy atom. The number of thiophene rings is 1. The Kier molecular flexibility index (Phi) is 4.65. The van der Waals surface area contributed by atoms with Crippen LogP contribution in [0.3, 0.4) is 0 Å². The second kappa shape index (κ2) is 6.73. The van der Waals surface area contributed by atoms with Crippen LogP contribution in [0.1, 0.15) is 10.4 Å². The highest BCUT2D eigenvalue weighted by atomic mass is 32.2. The summed E-state index contributed by atoms with van der Waals surface area (Å²) in [5.74, 6) is 0.109. The summed E-state index contributed by atoms with van der Waals surface area (Å²) in [6.07, 6.45) is 1.05. The maximum atomic E-state index is 12.6. The molecular formula is C17H16N2O4S2. The fourth-order valence-electron chi connectivity index (χ4n) is 2.42. The Bertz CT molecular complexity index is 1040. The quantitative estimate of drug-likeness (QED) is 0.713. The molecule has 3 aromatic rings. The van der Waals surface area contributed by atoms with Crippen LogP contribution in [0.15, 0.2) is 47.8 Å². The van der Waals surface area contributed by atoms with Crippen molar-refractivity contribution in [1.29, 1.82) is 0 Å². The summed E-state index contributed by atoms with van der Waals surface area (Å²) in [7, 11) is -2.03. The zero-order chi connectivity index (χ0) is 18.0. The van der Waals surface area contributed by atoms with Gasteiger partial charge in [-0.25, -0.2) is 8.42 Å². The van der Waals surface area contributed by atoms with Crippen molar-refractivity contribution < 1.29 is 17.9 Å². The first-order valence-electron chi connectivity index (χ1n) is 7.31. The van der Waals surface area contributed by atoms with Gasteiger partial charge in [-0.15, -0.1) is 11.3 Å². The molecule has 1 heterocycles. The van der Waals surface area contributed by atoms with E-state index in [4.69, 9.17) is 4.74 Å². The molecule has 2 N–H and O–H groups in total. The van der Waals surface area contributed by atoms with Gasteiger partial charge in [-0.3, -0.25) is 9.52 Å². The summed E-state index contributed by atoms with van der Waals surface area (Å²) in [6.45, 7) is 0. The number of ether oxygens (including phenoxy) is 1. The number of hydrogen-bond acceptors (Lipinski definition) is 5. The van der Waals surface area contributed by atoms with E-state index in [0.717, 1.165) is 16.3 Å². The molecule has 0 saturated carbocycles. The lowest BCUT2D eigenvalue weighted by atomic mass is 10.1. The predicted octanol–water partition coefficient (Wildman–Crippen LogP) is 3.53. The van der Waals surface area contributed by atoms with Crippen molar-refractivity contribution in [3.63, 3.8) is 0 Å². The van der Waals surface area contributed by atoms with Gasteiger partial charge in [0.1, 0.15) is 5.75 Å². The first-order chi connectivity index (χ1) is 11.9. The third-order valence-electron chi connectivity index (χ3n) is 3.48. The zero-order valence-electron chi connectivity index (χ0n) is 13.6. The minimum atomic E-state index is -3.47. The highest BCUT2D eigenvalue weighted by molar-refractivity contribution is 7.92. The fourth-order valence-corrected chi connectivity index (χ4v) is 3.92. The molecule has 2 aromatic carbocycles. The van der Waals surface area contributed by atoms with Gasteiger partial charge in [0, 0.05) is 21.2 Å². The number of amides is 1. The average Bonchev–Trinajstić information content (AvgIpc) is 2.98. The third-order valence-corrected chi connectivity index (χ3v) is 5.03. The Labute approximate surface area is 149 Å². The van der Waals surface area contributed by atoms with Gasteiger partial charge in [-0.1, -0.05) is 18.2 Å². The highest BCUT2D eigenvalue weighted by Crippen LogP contribution is 2.30. The van der Waals surface area contributed by atoms with Gasteiger partial charge in [0.2, 0.25) is 10.0 Å². The number of carbonyl (C=O) groups is 1. The molecule has 0 bridgehead atoms. The predicted molar refractivity (Wildman–Crippen MR) is 101 cm³/mol. The molecule has 8 heteroatoms. The number of sulfonamides is 1. The van der Waals surface area contributed by atoms with Crippen molar-refractivity contribution in [2.75, 3.05) is 23.4 Å². The highest BCUT2D eigenvalue weighted by Gasteiger charge is 2.14. The zero-order valence-corrected chi connectivity index (χ0v) is 15.2. The van der Waals surface area contributed by atoms with E-state index in [1.54, 1.807) is 17.5 Å². The number of methoxy groups -OCH3 is 1. The Morgan fingerprint density at radius 2 is 1.92 bits per heavy atom. The molecule has 0 radical (unpaired) electrons. The number of carbonyl (C=O) groups excluding carboxylic acids is 1. The average molecular weight is 376 g/mol. The van der Waals surface area contributed by atoms with E-state index in [9.17, 15) is 13.2 Å². The van der Waals surface area contributed by atoms with Crippen molar-refractivity contribution in [3.8, 4) is 5.75 Å². The maximum absolute atomic E-state index is 12.6. The van der Waals surface area contributed by atoms with Crippen LogP contribution >= 0.6 is 11.3 Å². The molecule has 25 heavy (non-hydrogen) atoms. The molecule has 6 nitrogen and oxygen atoms in total. The molecule has 0 fully saturated rings. The lowest BCUT2D eigenvalue weighted by Crippen LogP contribution is -2.13. The van der Waals surface area contributed by atoms with Crippen LogP contribution in [0.2, 0.25) is 0 Å². The van der Waals surface area contributed by atoms with Crippen LogP contribution in [0.4, 0.5) is 11.4 Å². The monoisotopic (exact) mass is 376 g/mol. The Hall–Kier alpha value is -2.58. The first kappa shape index (κ1) is 17.2. The standard InChI is InChI=1S/C17H16N2O4S2/c1-23-15-8-7-11(9-14(15)19-25(2,21)22)18-17(20)13-10-24-16-6-4-3-5-12(13)16/h3-10,19H,1-2H3,(H,18,20). The molecule has 0 unspecified atom stereocenters. The summed E-state index contributed by atoms with van der Waals surface area (Å²) < 4.78 is 31.5. The smallest absolute Gasteiger partial charge is 0.257 e. The molecule has 3 rings (SSSR count). The van der Waals surface area contributed by atoms with Gasteiger partial charge in [0.15, 0.2) is 0 Å². The van der Waals surface area contributed by atoms with E-state index in [2.05, 4.69) is 10.0 Å². The van der Waals surface area contributed by atoms with Crippen molar-refractivity contribution in [3.05, 3.63) is 53.4 Å². The lowest BCUT2D eigenvalue weighted by molar-refractivity contribution is 0.102. The number of hydrogen-bond donors (Lipinski definition) is 2. The van der Waals surface area contributed by atoms with Crippen molar-refractivity contribution in [2.24, 2.45) is 0 Å². The summed E-state index contributed by atoms with van der Waals surface area (Å²) in [6, 6.07) is 12.4. The van der Waals surface area contributed by atoms with Crippen LogP contribution in [0.5, 0.6) is 5.75 Å². The summed E-state index contributed by atoms with van der Waals surface area (Å²) >= 11 is 1.50. The van der Waals surface area contributed by atoms with Crippen LogP contribution in [-0.4, -0.2) is 27.7 Å². The van der Waals surface area contributed by atoms with Gasteiger partial charge in [-0.2, -0.15) is 0 Å². The molecule has 130 valence electrons. The summed E-state index contributed by atoms with van der Waals surface area (Å²) in [4.78, 5) is 12.6. The Morgan fingerprint density at radius 3 is 2.64 bits per heavy atom. The van der Waals surface area contributed by atoms with Crippen molar-refractivity contribution >= 4 is 48.7 Å². The molecule has 1 aromatic heterocycles. The number of fused-ring (bicyclic) bond motifs is 1. The largest absolute Gasteiger partial charge is 0.495 e. The van der Waals surface area contributed by atoms with E-state index in [1.807, 2.05) is 24.3 Å². The van der Waals surface area contributed by atoms with Crippen molar-refractivity contribution in [2.45, 2.75) is 0 Å². The molecule has 0 atom stereocenters. The van der Waals surface area contributed by atoms with Gasteiger partial charge in [0.25, 0.3) is 5.91 Å². The number of benzene rings is 2. The Balaban J connectivity index is 1.89. The van der Waals surface area contributed by atoms with E-state index < -0.39 is 10.0 Å². The van der Waals surface area contributed by atoms with Crippen LogP contribution in [-0.2, 0) is 10.0 Å². The third kappa shape index (κ3) is 3.92. The van der Waals surface area contributed by atoms with Gasteiger partial charge in [-0.05, 0) is 24.3 Å². The molecule has 0 aliphatic heterocycles. The second-order valence-electron chi connectivity index (χ2n) is 5.39. The molecule has 0 aliphatic carbocycles. The van der Waals surface area contributed by atoms with E-state index in [-0.39, 0.29) is 11.6 Å². The normalized spacial score (nSPS) is 11.3.